The third-order valence-electron chi connectivity index (χ3n) is 2.10. The molecule has 1 aromatic carbocycles. The Labute approximate surface area is 101 Å². The van der Waals surface area contributed by atoms with Crippen LogP contribution in [0, 0.1) is 6.92 Å². The van der Waals surface area contributed by atoms with Crippen molar-refractivity contribution in [2.75, 3.05) is 0 Å². The minimum atomic E-state index is 0.496. The highest BCUT2D eigenvalue weighted by Gasteiger charge is 2.09. The van der Waals surface area contributed by atoms with E-state index in [4.69, 9.17) is 5.73 Å². The summed E-state index contributed by atoms with van der Waals surface area (Å²) < 4.78 is 1.08. The number of aryl methyl sites for hydroxylation is 1. The quantitative estimate of drug-likeness (QED) is 0.918. The Morgan fingerprint density at radius 2 is 2.00 bits per heavy atom. The standard InChI is InChI=1S/C11H11BrN2S/c1-7-14-10(6-13)11(15-7)8-2-4-9(12)5-3-8/h2-5H,6,13H2,1H3. The first-order chi connectivity index (χ1) is 7.20. The zero-order valence-electron chi connectivity index (χ0n) is 8.33. The molecule has 2 rings (SSSR count). The molecular weight excluding hydrogens is 272 g/mol. The summed E-state index contributed by atoms with van der Waals surface area (Å²) in [6, 6.07) is 8.22. The molecule has 0 atom stereocenters. The monoisotopic (exact) mass is 282 g/mol. The molecule has 0 radical (unpaired) electrons. The molecule has 0 aliphatic rings. The van der Waals surface area contributed by atoms with Crippen LogP contribution < -0.4 is 5.73 Å². The second-order valence-electron chi connectivity index (χ2n) is 3.22. The van der Waals surface area contributed by atoms with Gasteiger partial charge < -0.3 is 5.73 Å². The van der Waals surface area contributed by atoms with Crippen molar-refractivity contribution in [1.29, 1.82) is 0 Å². The molecule has 0 unspecified atom stereocenters. The lowest BCUT2D eigenvalue weighted by Crippen LogP contribution is -1.98. The second-order valence-corrected chi connectivity index (χ2v) is 5.34. The summed E-state index contributed by atoms with van der Waals surface area (Å²) in [6.07, 6.45) is 0. The molecule has 4 heteroatoms. The maximum atomic E-state index is 5.67. The fourth-order valence-electron chi connectivity index (χ4n) is 1.44. The number of nitrogens with zero attached hydrogens (tertiary/aromatic N) is 1. The van der Waals surface area contributed by atoms with Gasteiger partial charge in [0.2, 0.25) is 0 Å². The van der Waals surface area contributed by atoms with Crippen LogP contribution in [0.5, 0.6) is 0 Å². The van der Waals surface area contributed by atoms with Crippen LogP contribution in [0.15, 0.2) is 28.7 Å². The molecule has 0 spiro atoms. The molecule has 0 fully saturated rings. The van der Waals surface area contributed by atoms with E-state index < -0.39 is 0 Å². The van der Waals surface area contributed by atoms with Crippen molar-refractivity contribution in [3.8, 4) is 10.4 Å². The van der Waals surface area contributed by atoms with Crippen LogP contribution >= 0.6 is 27.3 Å². The van der Waals surface area contributed by atoms with E-state index in [2.05, 4.69) is 33.0 Å². The largest absolute Gasteiger partial charge is 0.325 e. The number of rotatable bonds is 2. The fraction of sp³-hybridized carbons (Fsp3) is 0.182. The van der Waals surface area contributed by atoms with Gasteiger partial charge in [-0.05, 0) is 24.6 Å². The Morgan fingerprint density at radius 3 is 2.60 bits per heavy atom. The number of aromatic nitrogens is 1. The van der Waals surface area contributed by atoms with Crippen LogP contribution in [0.25, 0.3) is 10.4 Å². The summed E-state index contributed by atoms with van der Waals surface area (Å²) in [7, 11) is 0. The number of benzene rings is 1. The second kappa shape index (κ2) is 4.43. The van der Waals surface area contributed by atoms with Crippen LogP contribution in [-0.2, 0) is 6.54 Å². The van der Waals surface area contributed by atoms with Gasteiger partial charge in [-0.1, -0.05) is 28.1 Å². The molecular formula is C11H11BrN2S. The molecule has 1 heterocycles. The number of halogens is 1. The normalized spacial score (nSPS) is 10.6. The summed E-state index contributed by atoms with van der Waals surface area (Å²) in [5.74, 6) is 0. The lowest BCUT2D eigenvalue weighted by atomic mass is 10.1. The van der Waals surface area contributed by atoms with E-state index in [9.17, 15) is 0 Å². The van der Waals surface area contributed by atoms with Gasteiger partial charge >= 0.3 is 0 Å². The average Bonchev–Trinajstić information content (AvgIpc) is 2.61. The van der Waals surface area contributed by atoms with Gasteiger partial charge in [0.1, 0.15) is 0 Å². The topological polar surface area (TPSA) is 38.9 Å². The van der Waals surface area contributed by atoms with Crippen molar-refractivity contribution in [3.05, 3.63) is 39.4 Å². The summed E-state index contributed by atoms with van der Waals surface area (Å²) in [6.45, 7) is 2.50. The lowest BCUT2D eigenvalue weighted by Gasteiger charge is -1.99. The smallest absolute Gasteiger partial charge is 0.0904 e. The van der Waals surface area contributed by atoms with Gasteiger partial charge in [0, 0.05) is 11.0 Å². The Kier molecular flexibility index (Phi) is 3.19. The van der Waals surface area contributed by atoms with Gasteiger partial charge in [0.05, 0.1) is 15.6 Å². The van der Waals surface area contributed by atoms with Gasteiger partial charge in [-0.3, -0.25) is 0 Å². The average molecular weight is 283 g/mol. The Morgan fingerprint density at radius 1 is 1.33 bits per heavy atom. The van der Waals surface area contributed by atoms with E-state index in [1.165, 1.54) is 10.4 Å². The van der Waals surface area contributed by atoms with Crippen molar-refractivity contribution in [1.82, 2.24) is 4.98 Å². The van der Waals surface area contributed by atoms with Crippen LogP contribution in [0.3, 0.4) is 0 Å². The molecule has 0 aliphatic heterocycles. The number of nitrogens with two attached hydrogens (primary N) is 1. The van der Waals surface area contributed by atoms with Gasteiger partial charge in [-0.25, -0.2) is 4.98 Å². The fourth-order valence-corrected chi connectivity index (χ4v) is 2.65. The lowest BCUT2D eigenvalue weighted by molar-refractivity contribution is 1.00. The SMILES string of the molecule is Cc1nc(CN)c(-c2ccc(Br)cc2)s1. The number of hydrogen-bond donors (Lipinski definition) is 1. The zero-order chi connectivity index (χ0) is 10.8. The molecule has 1 aromatic heterocycles. The van der Waals surface area contributed by atoms with Gasteiger partial charge in [-0.2, -0.15) is 0 Å². The van der Waals surface area contributed by atoms with Gasteiger partial charge in [-0.15, -0.1) is 11.3 Å². The van der Waals surface area contributed by atoms with Crippen molar-refractivity contribution < 1.29 is 0 Å². The third kappa shape index (κ3) is 2.27. The van der Waals surface area contributed by atoms with Gasteiger partial charge in [0.15, 0.2) is 0 Å². The summed E-state index contributed by atoms with van der Waals surface area (Å²) in [4.78, 5) is 5.59. The number of hydrogen-bond acceptors (Lipinski definition) is 3. The molecule has 2 N–H and O–H groups in total. The third-order valence-corrected chi connectivity index (χ3v) is 3.69. The maximum absolute atomic E-state index is 5.67. The van der Waals surface area contributed by atoms with Crippen LogP contribution in [0.2, 0.25) is 0 Å². The van der Waals surface area contributed by atoms with E-state index >= 15 is 0 Å². The maximum Gasteiger partial charge on any atom is 0.0904 e. The van der Waals surface area contributed by atoms with E-state index in [1.54, 1.807) is 11.3 Å². The minimum Gasteiger partial charge on any atom is -0.325 e. The molecule has 0 saturated carbocycles. The van der Waals surface area contributed by atoms with E-state index in [0.29, 0.717) is 6.54 Å². The molecule has 2 nitrogen and oxygen atoms in total. The predicted molar refractivity (Wildman–Crippen MR) is 67.9 cm³/mol. The first-order valence-electron chi connectivity index (χ1n) is 4.63. The number of thiazole rings is 1. The van der Waals surface area contributed by atoms with Crippen LogP contribution in [0.4, 0.5) is 0 Å². The molecule has 78 valence electrons. The minimum absolute atomic E-state index is 0.496. The highest BCUT2D eigenvalue weighted by molar-refractivity contribution is 9.10. The predicted octanol–water partition coefficient (Wildman–Crippen LogP) is 3.34. The van der Waals surface area contributed by atoms with Crippen LogP contribution in [0.1, 0.15) is 10.7 Å². The van der Waals surface area contributed by atoms with Gasteiger partial charge in [0.25, 0.3) is 0 Å². The zero-order valence-corrected chi connectivity index (χ0v) is 10.7. The van der Waals surface area contributed by atoms with Crippen molar-refractivity contribution >= 4 is 27.3 Å². The summed E-state index contributed by atoms with van der Waals surface area (Å²) in [5.41, 5.74) is 7.84. The summed E-state index contributed by atoms with van der Waals surface area (Å²) in [5, 5.41) is 1.06. The Balaban J connectivity index is 2.48. The highest BCUT2D eigenvalue weighted by Crippen LogP contribution is 2.30. The molecule has 0 aliphatic carbocycles. The van der Waals surface area contributed by atoms with Crippen molar-refractivity contribution in [3.63, 3.8) is 0 Å². The van der Waals surface area contributed by atoms with Crippen LogP contribution in [-0.4, -0.2) is 4.98 Å². The molecule has 0 amide bonds. The molecule has 0 bridgehead atoms. The molecule has 15 heavy (non-hydrogen) atoms. The molecule has 0 saturated heterocycles. The molecule has 2 aromatic rings. The van der Waals surface area contributed by atoms with Crippen molar-refractivity contribution in [2.24, 2.45) is 5.73 Å². The van der Waals surface area contributed by atoms with Crippen molar-refractivity contribution in [2.45, 2.75) is 13.5 Å². The first kappa shape index (κ1) is 10.8. The van der Waals surface area contributed by atoms with E-state index in [1.807, 2.05) is 19.1 Å². The van der Waals surface area contributed by atoms with E-state index in [-0.39, 0.29) is 0 Å². The van der Waals surface area contributed by atoms with E-state index in [0.717, 1.165) is 15.2 Å². The summed E-state index contributed by atoms with van der Waals surface area (Å²) >= 11 is 5.11. The Bertz CT molecular complexity index is 462. The Hall–Kier alpha value is -0.710. The highest BCUT2D eigenvalue weighted by atomic mass is 79.9. The first-order valence-corrected chi connectivity index (χ1v) is 6.24.